The Balaban J connectivity index is 1.49. The summed E-state index contributed by atoms with van der Waals surface area (Å²) in [5.41, 5.74) is 0.755. The van der Waals surface area contributed by atoms with Crippen LogP contribution in [0.5, 0.6) is 0 Å². The Morgan fingerprint density at radius 1 is 1.00 bits per heavy atom. The fraction of sp³-hybridized carbons (Fsp3) is 0.529. The van der Waals surface area contributed by atoms with Crippen LogP contribution >= 0.6 is 15.9 Å². The van der Waals surface area contributed by atoms with Crippen molar-refractivity contribution in [1.29, 1.82) is 0 Å². The molecule has 0 saturated heterocycles. The van der Waals surface area contributed by atoms with Gasteiger partial charge in [0.05, 0.1) is 17.5 Å². The minimum absolute atomic E-state index is 0.0548. The van der Waals surface area contributed by atoms with Crippen molar-refractivity contribution in [3.05, 3.63) is 28.7 Å². The lowest BCUT2D eigenvalue weighted by Crippen LogP contribution is -2.37. The quantitative estimate of drug-likeness (QED) is 0.859. The minimum atomic E-state index is -0.185. The Morgan fingerprint density at radius 3 is 2.41 bits per heavy atom. The maximum absolute atomic E-state index is 12.2. The van der Waals surface area contributed by atoms with Gasteiger partial charge in [-0.1, -0.05) is 31.4 Å². The van der Waals surface area contributed by atoms with Gasteiger partial charge in [0.25, 0.3) is 0 Å². The Labute approximate surface area is 139 Å². The van der Waals surface area contributed by atoms with Crippen molar-refractivity contribution in [2.24, 2.45) is 11.8 Å². The maximum atomic E-state index is 12.2. The lowest BCUT2D eigenvalue weighted by Gasteiger charge is -2.22. The molecule has 1 aromatic carbocycles. The molecular weight excluding hydrogens is 344 g/mol. The van der Waals surface area contributed by atoms with E-state index in [0.29, 0.717) is 12.5 Å². The van der Waals surface area contributed by atoms with Crippen LogP contribution in [0.15, 0.2) is 28.7 Å². The molecule has 0 spiro atoms. The van der Waals surface area contributed by atoms with Crippen molar-refractivity contribution < 1.29 is 9.59 Å². The average Bonchev–Trinajstić information content (AvgIpc) is 3.31. The fourth-order valence-corrected chi connectivity index (χ4v) is 3.50. The summed E-state index contributed by atoms with van der Waals surface area (Å²) in [6, 6.07) is 7.82. The van der Waals surface area contributed by atoms with E-state index in [1.54, 1.807) is 0 Å². The van der Waals surface area contributed by atoms with Crippen molar-refractivity contribution in [1.82, 2.24) is 5.32 Å². The molecule has 5 heteroatoms. The zero-order valence-corrected chi connectivity index (χ0v) is 14.1. The molecule has 2 amide bonds. The molecule has 0 bridgehead atoms. The Bertz CT molecular complexity index is 570. The van der Waals surface area contributed by atoms with Gasteiger partial charge < -0.3 is 10.6 Å². The van der Waals surface area contributed by atoms with Crippen LogP contribution in [0.3, 0.4) is 0 Å². The van der Waals surface area contributed by atoms with Crippen molar-refractivity contribution >= 4 is 33.4 Å². The van der Waals surface area contributed by atoms with Gasteiger partial charge >= 0.3 is 0 Å². The van der Waals surface area contributed by atoms with Crippen LogP contribution in [0.1, 0.15) is 38.5 Å². The molecule has 0 aromatic heterocycles. The van der Waals surface area contributed by atoms with E-state index >= 15 is 0 Å². The second kappa shape index (κ2) is 6.82. The summed E-state index contributed by atoms with van der Waals surface area (Å²) >= 11 is 3.41. The third-order valence-corrected chi connectivity index (χ3v) is 5.24. The van der Waals surface area contributed by atoms with E-state index in [1.165, 1.54) is 19.3 Å². The van der Waals surface area contributed by atoms with Crippen LogP contribution in [0.4, 0.5) is 5.69 Å². The van der Waals surface area contributed by atoms with Crippen molar-refractivity contribution in [2.45, 2.75) is 44.6 Å². The first-order chi connectivity index (χ1) is 10.6. The lowest BCUT2D eigenvalue weighted by molar-refractivity contribution is -0.126. The van der Waals surface area contributed by atoms with Gasteiger partial charge in [0.15, 0.2) is 0 Å². The number of carbonyl (C=O) groups excluding carboxylic acids is 2. The summed E-state index contributed by atoms with van der Waals surface area (Å²) in [6.07, 6.45) is 6.48. The monoisotopic (exact) mass is 364 g/mol. The number of para-hydroxylation sites is 1. The maximum Gasteiger partial charge on any atom is 0.228 e. The van der Waals surface area contributed by atoms with Crippen LogP contribution < -0.4 is 10.6 Å². The van der Waals surface area contributed by atoms with E-state index in [1.807, 2.05) is 24.3 Å². The molecule has 2 aliphatic rings. The van der Waals surface area contributed by atoms with Crippen LogP contribution in [-0.2, 0) is 9.59 Å². The standard InChI is InChI=1S/C17H21BrN2O2/c18-14-8-4-5-9-15(14)20-17(22)13-10-12(13)16(21)19-11-6-2-1-3-7-11/h4-5,8-9,11-13H,1-3,6-7,10H2,(H,19,21)(H,20,22). The predicted molar refractivity (Wildman–Crippen MR) is 89.4 cm³/mol. The molecule has 1 aromatic rings. The third-order valence-electron chi connectivity index (χ3n) is 4.55. The molecule has 0 aliphatic heterocycles. The van der Waals surface area contributed by atoms with E-state index in [0.717, 1.165) is 23.0 Å². The van der Waals surface area contributed by atoms with Crippen LogP contribution in [0.25, 0.3) is 0 Å². The number of anilines is 1. The van der Waals surface area contributed by atoms with Crippen molar-refractivity contribution in [2.75, 3.05) is 5.32 Å². The molecule has 2 unspecified atom stereocenters. The molecule has 118 valence electrons. The van der Waals surface area contributed by atoms with Crippen LogP contribution in [-0.4, -0.2) is 17.9 Å². The van der Waals surface area contributed by atoms with Crippen LogP contribution in [0.2, 0.25) is 0 Å². The predicted octanol–water partition coefficient (Wildman–Crippen LogP) is 3.47. The van der Waals surface area contributed by atoms with Gasteiger partial charge in [-0.25, -0.2) is 0 Å². The number of carbonyl (C=O) groups is 2. The molecule has 22 heavy (non-hydrogen) atoms. The normalized spacial score (nSPS) is 24.6. The van der Waals surface area contributed by atoms with E-state index in [9.17, 15) is 9.59 Å². The first-order valence-corrected chi connectivity index (χ1v) is 8.80. The Morgan fingerprint density at radius 2 is 1.68 bits per heavy atom. The number of hydrogen-bond acceptors (Lipinski definition) is 2. The Kier molecular flexibility index (Phi) is 4.81. The summed E-state index contributed by atoms with van der Waals surface area (Å²) in [4.78, 5) is 24.4. The van der Waals surface area contributed by atoms with Gasteiger partial charge in [0.2, 0.25) is 11.8 Å². The zero-order valence-electron chi connectivity index (χ0n) is 12.5. The van der Waals surface area contributed by atoms with Crippen molar-refractivity contribution in [3.8, 4) is 0 Å². The molecule has 2 N–H and O–H groups in total. The van der Waals surface area contributed by atoms with Gasteiger partial charge in [0, 0.05) is 10.5 Å². The molecule has 3 rings (SSSR count). The number of hydrogen-bond donors (Lipinski definition) is 2. The molecule has 0 heterocycles. The van der Waals surface area contributed by atoms with Crippen molar-refractivity contribution in [3.63, 3.8) is 0 Å². The summed E-state index contributed by atoms with van der Waals surface area (Å²) in [5.74, 6) is -0.338. The van der Waals surface area contributed by atoms with Gasteiger partial charge in [-0.15, -0.1) is 0 Å². The van der Waals surface area contributed by atoms with Gasteiger partial charge in [-0.3, -0.25) is 9.59 Å². The summed E-state index contributed by atoms with van der Waals surface area (Å²) < 4.78 is 0.854. The topological polar surface area (TPSA) is 58.2 Å². The first kappa shape index (κ1) is 15.5. The SMILES string of the molecule is O=C(Nc1ccccc1Br)C1CC1C(=O)NC1CCCCC1. The highest BCUT2D eigenvalue weighted by atomic mass is 79.9. The number of halogens is 1. The number of benzene rings is 1. The van der Waals surface area contributed by atoms with Gasteiger partial charge in [0.1, 0.15) is 0 Å². The highest BCUT2D eigenvalue weighted by Crippen LogP contribution is 2.40. The highest BCUT2D eigenvalue weighted by Gasteiger charge is 2.48. The average molecular weight is 365 g/mol. The minimum Gasteiger partial charge on any atom is -0.353 e. The van der Waals surface area contributed by atoms with Crippen LogP contribution in [0, 0.1) is 11.8 Å². The molecule has 2 atom stereocenters. The summed E-state index contributed by atoms with van der Waals surface area (Å²) in [5, 5.41) is 6.01. The second-order valence-electron chi connectivity index (χ2n) is 6.26. The number of rotatable bonds is 4. The lowest BCUT2D eigenvalue weighted by atomic mass is 9.95. The first-order valence-electron chi connectivity index (χ1n) is 8.01. The summed E-state index contributed by atoms with van der Waals surface area (Å²) in [6.45, 7) is 0. The summed E-state index contributed by atoms with van der Waals surface area (Å²) in [7, 11) is 0. The molecule has 2 aliphatic carbocycles. The number of nitrogens with one attached hydrogen (secondary N) is 2. The molecule has 4 nitrogen and oxygen atoms in total. The molecule has 0 radical (unpaired) electrons. The molecular formula is C17H21BrN2O2. The molecule has 2 saturated carbocycles. The smallest absolute Gasteiger partial charge is 0.228 e. The number of amides is 2. The molecule has 2 fully saturated rings. The van der Waals surface area contributed by atoms with E-state index in [-0.39, 0.29) is 23.7 Å². The Hall–Kier alpha value is -1.36. The third kappa shape index (κ3) is 3.69. The zero-order chi connectivity index (χ0) is 15.5. The fourth-order valence-electron chi connectivity index (χ4n) is 3.12. The largest absolute Gasteiger partial charge is 0.353 e. The van der Waals surface area contributed by atoms with Gasteiger partial charge in [-0.05, 0) is 47.3 Å². The van der Waals surface area contributed by atoms with Gasteiger partial charge in [-0.2, -0.15) is 0 Å². The van der Waals surface area contributed by atoms with E-state index < -0.39 is 0 Å². The second-order valence-corrected chi connectivity index (χ2v) is 7.12. The van der Waals surface area contributed by atoms with E-state index in [2.05, 4.69) is 26.6 Å². The van der Waals surface area contributed by atoms with E-state index in [4.69, 9.17) is 0 Å². The highest BCUT2D eigenvalue weighted by molar-refractivity contribution is 9.10.